The summed E-state index contributed by atoms with van der Waals surface area (Å²) in [6.45, 7) is 4.66. The predicted octanol–water partition coefficient (Wildman–Crippen LogP) is 6.39. The highest BCUT2D eigenvalue weighted by molar-refractivity contribution is 7.45. The summed E-state index contributed by atoms with van der Waals surface area (Å²) in [5, 5.41) is 9.49. The molecule has 0 aromatic rings. The van der Waals surface area contributed by atoms with Gasteiger partial charge < -0.3 is 28.3 Å². The fourth-order valence-electron chi connectivity index (χ4n) is 3.99. The van der Waals surface area contributed by atoms with Crippen molar-refractivity contribution >= 4 is 7.82 Å². The van der Waals surface area contributed by atoms with Gasteiger partial charge in [0.1, 0.15) is 18.8 Å². The molecular formula is C28H58NO6P. The number of unbranched alkanes of at least 4 members (excludes halogenated alkanes) is 12. The van der Waals surface area contributed by atoms with Crippen molar-refractivity contribution in [3.8, 4) is 0 Å². The largest absolute Gasteiger partial charge is 0.756 e. The highest BCUT2D eigenvalue weighted by Crippen LogP contribution is 2.40. The van der Waals surface area contributed by atoms with Crippen LogP contribution in [0, 0.1) is 0 Å². The van der Waals surface area contributed by atoms with Crippen LogP contribution in [0.3, 0.4) is 0 Å². The van der Waals surface area contributed by atoms with Crippen molar-refractivity contribution in [1.82, 2.24) is 0 Å². The zero-order valence-corrected chi connectivity index (χ0v) is 25.0. The molecule has 0 bridgehead atoms. The van der Waals surface area contributed by atoms with E-state index in [9.17, 15) is 14.6 Å². The molecule has 0 radical (unpaired) electrons. The molecule has 0 aliphatic rings. The number of phosphoric ester groups is 1. The maximum Gasteiger partial charge on any atom is 0.268 e. The van der Waals surface area contributed by atoms with Crippen LogP contribution in [0.1, 0.15) is 110 Å². The molecule has 0 saturated carbocycles. The maximum absolute atomic E-state index is 12.2. The fraction of sp³-hybridized carbons (Fsp3) is 0.929. The van der Waals surface area contributed by atoms with Gasteiger partial charge in [0, 0.05) is 6.61 Å². The SMILES string of the molecule is CCCCCCCC/C=C\CCCCCCCCO[C@@H](CO)COP(=O)([O-])OC(CC)C[N+](C)(C)C. The Morgan fingerprint density at radius 2 is 1.36 bits per heavy atom. The molecule has 0 spiro atoms. The van der Waals surface area contributed by atoms with Gasteiger partial charge in [0.25, 0.3) is 7.82 Å². The molecule has 0 saturated heterocycles. The number of allylic oxidation sites excluding steroid dienone is 2. The van der Waals surface area contributed by atoms with Gasteiger partial charge in [-0.3, -0.25) is 4.57 Å². The normalized spacial score (nSPS) is 15.9. The predicted molar refractivity (Wildman–Crippen MR) is 148 cm³/mol. The number of rotatable bonds is 26. The number of quaternary nitrogens is 1. The molecule has 1 N–H and O–H groups in total. The van der Waals surface area contributed by atoms with E-state index in [1.54, 1.807) is 0 Å². The Bertz CT molecular complexity index is 567. The summed E-state index contributed by atoms with van der Waals surface area (Å²) in [6.07, 6.45) is 21.6. The van der Waals surface area contributed by atoms with Crippen molar-refractivity contribution in [2.24, 2.45) is 0 Å². The van der Waals surface area contributed by atoms with Crippen LogP contribution in [0.5, 0.6) is 0 Å². The van der Waals surface area contributed by atoms with Gasteiger partial charge >= 0.3 is 0 Å². The van der Waals surface area contributed by atoms with E-state index in [4.69, 9.17) is 13.8 Å². The number of nitrogens with zero attached hydrogens (tertiary/aromatic N) is 1. The van der Waals surface area contributed by atoms with Gasteiger partial charge in [-0.2, -0.15) is 0 Å². The molecule has 0 fully saturated rings. The maximum atomic E-state index is 12.2. The number of phosphoric acid groups is 1. The minimum absolute atomic E-state index is 0.232. The van der Waals surface area contributed by atoms with Crippen LogP contribution in [-0.2, 0) is 18.3 Å². The quantitative estimate of drug-likeness (QED) is 0.0598. The Morgan fingerprint density at radius 1 is 0.833 bits per heavy atom. The van der Waals surface area contributed by atoms with Crippen molar-refractivity contribution in [3.63, 3.8) is 0 Å². The molecule has 0 aromatic heterocycles. The number of aliphatic hydroxyl groups excluding tert-OH is 1. The van der Waals surface area contributed by atoms with Crippen molar-refractivity contribution in [2.45, 2.75) is 122 Å². The van der Waals surface area contributed by atoms with E-state index in [0.717, 1.165) is 12.8 Å². The van der Waals surface area contributed by atoms with E-state index in [1.165, 1.54) is 77.0 Å². The Morgan fingerprint density at radius 3 is 1.86 bits per heavy atom. The monoisotopic (exact) mass is 535 g/mol. The lowest BCUT2D eigenvalue weighted by Gasteiger charge is -2.33. The summed E-state index contributed by atoms with van der Waals surface area (Å²) >= 11 is 0. The van der Waals surface area contributed by atoms with Crippen LogP contribution in [0.4, 0.5) is 0 Å². The van der Waals surface area contributed by atoms with Gasteiger partial charge in [-0.05, 0) is 38.5 Å². The summed E-state index contributed by atoms with van der Waals surface area (Å²) in [7, 11) is 1.49. The van der Waals surface area contributed by atoms with E-state index < -0.39 is 20.0 Å². The summed E-state index contributed by atoms with van der Waals surface area (Å²) in [5.74, 6) is 0. The second-order valence-electron chi connectivity index (χ2n) is 11.0. The Balaban J connectivity index is 3.75. The van der Waals surface area contributed by atoms with Gasteiger partial charge in [-0.1, -0.05) is 83.8 Å². The molecule has 0 aliphatic carbocycles. The average molecular weight is 536 g/mol. The lowest BCUT2D eigenvalue weighted by atomic mass is 10.1. The van der Waals surface area contributed by atoms with Crippen LogP contribution in [0.15, 0.2) is 12.2 Å². The van der Waals surface area contributed by atoms with E-state index in [-0.39, 0.29) is 13.2 Å². The third-order valence-electron chi connectivity index (χ3n) is 6.12. The summed E-state index contributed by atoms with van der Waals surface area (Å²) in [6, 6.07) is 0. The summed E-state index contributed by atoms with van der Waals surface area (Å²) < 4.78 is 28.6. The topological polar surface area (TPSA) is 88.0 Å². The first-order valence-electron chi connectivity index (χ1n) is 14.5. The third kappa shape index (κ3) is 24.1. The summed E-state index contributed by atoms with van der Waals surface area (Å²) in [4.78, 5) is 12.2. The first kappa shape index (κ1) is 35.7. The van der Waals surface area contributed by atoms with E-state index >= 15 is 0 Å². The smallest absolute Gasteiger partial charge is 0.268 e. The Hall–Kier alpha value is -0.270. The first-order valence-corrected chi connectivity index (χ1v) is 15.9. The molecule has 0 aliphatic heterocycles. The zero-order valence-electron chi connectivity index (χ0n) is 24.1. The number of hydrogen-bond donors (Lipinski definition) is 1. The summed E-state index contributed by atoms with van der Waals surface area (Å²) in [5.41, 5.74) is 0. The number of ether oxygens (including phenoxy) is 1. The molecular weight excluding hydrogens is 477 g/mol. The van der Waals surface area contributed by atoms with E-state index in [2.05, 4.69) is 19.1 Å². The number of hydrogen-bond acceptors (Lipinski definition) is 6. The lowest BCUT2D eigenvalue weighted by Crippen LogP contribution is -2.42. The van der Waals surface area contributed by atoms with Crippen LogP contribution < -0.4 is 4.89 Å². The second-order valence-corrected chi connectivity index (χ2v) is 12.3. The van der Waals surface area contributed by atoms with Gasteiger partial charge in [-0.15, -0.1) is 0 Å². The van der Waals surface area contributed by atoms with Crippen molar-refractivity contribution < 1.29 is 32.8 Å². The van der Waals surface area contributed by atoms with E-state index in [0.29, 0.717) is 24.1 Å². The first-order chi connectivity index (χ1) is 17.1. The molecule has 7 nitrogen and oxygen atoms in total. The fourth-order valence-corrected chi connectivity index (χ4v) is 4.98. The highest BCUT2D eigenvalue weighted by Gasteiger charge is 2.23. The molecule has 216 valence electrons. The van der Waals surface area contributed by atoms with Crippen molar-refractivity contribution in [3.05, 3.63) is 12.2 Å². The van der Waals surface area contributed by atoms with Crippen LogP contribution in [0.2, 0.25) is 0 Å². The second kappa shape index (κ2) is 22.7. The van der Waals surface area contributed by atoms with Crippen LogP contribution in [-0.4, -0.2) is 69.3 Å². The Kier molecular flexibility index (Phi) is 22.5. The van der Waals surface area contributed by atoms with Crippen molar-refractivity contribution in [1.29, 1.82) is 0 Å². The molecule has 0 aromatic carbocycles. The zero-order chi connectivity index (χ0) is 27.1. The molecule has 36 heavy (non-hydrogen) atoms. The minimum atomic E-state index is -4.45. The van der Waals surface area contributed by atoms with Crippen LogP contribution >= 0.6 is 7.82 Å². The highest BCUT2D eigenvalue weighted by atomic mass is 31.2. The van der Waals surface area contributed by atoms with E-state index in [1.807, 2.05) is 28.1 Å². The standard InChI is InChI=1S/C28H58NO6P/c1-6-8-9-10-11-12-13-14-15-16-17-18-19-20-21-22-23-33-28(25-30)26-34-36(31,32)35-27(7-2)24-29(3,4)5/h14-15,27-28,30H,6-13,16-26H2,1-5H3/b15-14-/t27?,28-/m0/s1. The molecule has 0 heterocycles. The number of likely N-dealkylation sites (N-methyl/N-ethyl adjacent to an activating group) is 1. The van der Waals surface area contributed by atoms with Gasteiger partial charge in [0.05, 0.1) is 34.4 Å². The average Bonchev–Trinajstić information content (AvgIpc) is 2.81. The molecule has 8 heteroatoms. The molecule has 0 rings (SSSR count). The van der Waals surface area contributed by atoms with Gasteiger partial charge in [-0.25, -0.2) is 0 Å². The van der Waals surface area contributed by atoms with Gasteiger partial charge in [0.15, 0.2) is 0 Å². The molecule has 0 amide bonds. The van der Waals surface area contributed by atoms with Crippen LogP contribution in [0.25, 0.3) is 0 Å². The minimum Gasteiger partial charge on any atom is -0.756 e. The lowest BCUT2D eigenvalue weighted by molar-refractivity contribution is -0.873. The van der Waals surface area contributed by atoms with Crippen molar-refractivity contribution in [2.75, 3.05) is 47.5 Å². The molecule has 3 atom stereocenters. The number of aliphatic hydroxyl groups is 1. The van der Waals surface area contributed by atoms with Gasteiger partial charge in [0.2, 0.25) is 0 Å². The Labute approximate surface area is 222 Å². The third-order valence-corrected chi connectivity index (χ3v) is 7.14. The molecule has 2 unspecified atom stereocenters.